The van der Waals surface area contributed by atoms with Crippen LogP contribution in [-0.4, -0.2) is 9.97 Å². The second kappa shape index (κ2) is 5.55. The Hall–Kier alpha value is -3.00. The predicted molar refractivity (Wildman–Crippen MR) is 78.0 cm³/mol. The first-order valence-electron chi connectivity index (χ1n) is 6.39. The monoisotopic (exact) mass is 278 g/mol. The number of nitrogens with one attached hydrogen (secondary N) is 1. The number of hydrogen-bond donors (Lipinski definition) is 1. The molecule has 3 rings (SSSR count). The standard InChI is InChI=1S/C16H11FN4/c17-13-5-6-15-14(7-13)16(21-10-20-15)19-9-12-3-1-11(8-18)2-4-12/h1-7,10H,9H2,(H,19,20,21). The van der Waals surface area contributed by atoms with Gasteiger partial charge in [-0.25, -0.2) is 14.4 Å². The van der Waals surface area contributed by atoms with E-state index in [1.807, 2.05) is 12.1 Å². The van der Waals surface area contributed by atoms with Crippen molar-refractivity contribution in [2.45, 2.75) is 6.54 Å². The summed E-state index contributed by atoms with van der Waals surface area (Å²) >= 11 is 0. The van der Waals surface area contributed by atoms with Gasteiger partial charge in [0.1, 0.15) is 18.0 Å². The Kier molecular flexibility index (Phi) is 3.44. The summed E-state index contributed by atoms with van der Waals surface area (Å²) in [5.41, 5.74) is 2.32. The number of benzene rings is 2. The fraction of sp³-hybridized carbons (Fsp3) is 0.0625. The Morgan fingerprint density at radius 1 is 1.10 bits per heavy atom. The first kappa shape index (κ1) is 13.0. The minimum absolute atomic E-state index is 0.321. The predicted octanol–water partition coefficient (Wildman–Crippen LogP) is 3.25. The third-order valence-corrected chi connectivity index (χ3v) is 3.14. The van der Waals surface area contributed by atoms with Gasteiger partial charge in [0.25, 0.3) is 0 Å². The number of halogens is 1. The summed E-state index contributed by atoms with van der Waals surface area (Å²) < 4.78 is 13.3. The van der Waals surface area contributed by atoms with Crippen molar-refractivity contribution >= 4 is 16.7 Å². The number of nitriles is 1. The van der Waals surface area contributed by atoms with E-state index in [9.17, 15) is 4.39 Å². The molecular formula is C16H11FN4. The van der Waals surface area contributed by atoms with E-state index in [2.05, 4.69) is 21.4 Å². The van der Waals surface area contributed by atoms with Crippen LogP contribution in [0.4, 0.5) is 10.2 Å². The van der Waals surface area contributed by atoms with Crippen LogP contribution in [-0.2, 0) is 6.54 Å². The van der Waals surface area contributed by atoms with Crippen molar-refractivity contribution in [2.24, 2.45) is 0 Å². The lowest BCUT2D eigenvalue weighted by Gasteiger charge is -2.08. The maximum absolute atomic E-state index is 13.3. The maximum atomic E-state index is 13.3. The molecule has 0 saturated carbocycles. The average Bonchev–Trinajstić information content (AvgIpc) is 2.53. The molecule has 0 fully saturated rings. The lowest BCUT2D eigenvalue weighted by Crippen LogP contribution is -2.02. The summed E-state index contributed by atoms with van der Waals surface area (Å²) in [6.45, 7) is 0.536. The van der Waals surface area contributed by atoms with Crippen molar-refractivity contribution in [2.75, 3.05) is 5.32 Å². The molecule has 0 bridgehead atoms. The number of rotatable bonds is 3. The zero-order chi connectivity index (χ0) is 14.7. The van der Waals surface area contributed by atoms with Crippen molar-refractivity contribution < 1.29 is 4.39 Å². The largest absolute Gasteiger partial charge is 0.365 e. The van der Waals surface area contributed by atoms with Crippen molar-refractivity contribution in [3.8, 4) is 6.07 Å². The van der Waals surface area contributed by atoms with Gasteiger partial charge in [0, 0.05) is 11.9 Å². The number of hydrogen-bond acceptors (Lipinski definition) is 4. The number of anilines is 1. The lowest BCUT2D eigenvalue weighted by molar-refractivity contribution is 0.629. The molecule has 1 aromatic heterocycles. The maximum Gasteiger partial charge on any atom is 0.137 e. The van der Waals surface area contributed by atoms with Crippen molar-refractivity contribution in [3.63, 3.8) is 0 Å². The Labute approximate surface area is 120 Å². The first-order chi connectivity index (χ1) is 10.3. The van der Waals surface area contributed by atoms with Crippen LogP contribution in [0.1, 0.15) is 11.1 Å². The summed E-state index contributed by atoms with van der Waals surface area (Å²) in [6, 6.07) is 13.7. The Morgan fingerprint density at radius 2 is 1.90 bits per heavy atom. The Morgan fingerprint density at radius 3 is 2.67 bits per heavy atom. The van der Waals surface area contributed by atoms with Gasteiger partial charge in [-0.05, 0) is 35.9 Å². The molecule has 5 heteroatoms. The Bertz CT molecular complexity index is 822. The molecule has 1 heterocycles. The van der Waals surface area contributed by atoms with Gasteiger partial charge in [0.15, 0.2) is 0 Å². The minimum Gasteiger partial charge on any atom is -0.365 e. The summed E-state index contributed by atoms with van der Waals surface area (Å²) in [7, 11) is 0. The minimum atomic E-state index is -0.321. The van der Waals surface area contributed by atoms with E-state index in [0.717, 1.165) is 5.56 Å². The van der Waals surface area contributed by atoms with E-state index in [4.69, 9.17) is 5.26 Å². The van der Waals surface area contributed by atoms with Gasteiger partial charge >= 0.3 is 0 Å². The summed E-state index contributed by atoms with van der Waals surface area (Å²) in [6.07, 6.45) is 1.45. The average molecular weight is 278 g/mol. The van der Waals surface area contributed by atoms with E-state index >= 15 is 0 Å². The van der Waals surface area contributed by atoms with Crippen LogP contribution < -0.4 is 5.32 Å². The molecule has 0 aliphatic carbocycles. The van der Waals surface area contributed by atoms with Crippen LogP contribution in [0.5, 0.6) is 0 Å². The third kappa shape index (κ3) is 2.79. The zero-order valence-electron chi connectivity index (χ0n) is 11.0. The van der Waals surface area contributed by atoms with E-state index in [-0.39, 0.29) is 5.82 Å². The first-order valence-corrected chi connectivity index (χ1v) is 6.39. The lowest BCUT2D eigenvalue weighted by atomic mass is 10.1. The molecule has 102 valence electrons. The number of fused-ring (bicyclic) bond motifs is 1. The quantitative estimate of drug-likeness (QED) is 0.798. The fourth-order valence-electron chi connectivity index (χ4n) is 2.05. The molecule has 0 amide bonds. The van der Waals surface area contributed by atoms with Crippen molar-refractivity contribution in [3.05, 3.63) is 65.7 Å². The molecule has 3 aromatic rings. The summed E-state index contributed by atoms with van der Waals surface area (Å²) in [4.78, 5) is 8.26. The van der Waals surface area contributed by atoms with Gasteiger partial charge in [0.2, 0.25) is 0 Å². The smallest absolute Gasteiger partial charge is 0.137 e. The van der Waals surface area contributed by atoms with Crippen molar-refractivity contribution in [1.29, 1.82) is 5.26 Å². The van der Waals surface area contributed by atoms with Gasteiger partial charge in [-0.2, -0.15) is 5.26 Å². The van der Waals surface area contributed by atoms with Gasteiger partial charge in [-0.1, -0.05) is 12.1 Å². The summed E-state index contributed by atoms with van der Waals surface area (Å²) in [5, 5.41) is 12.6. The molecule has 2 aromatic carbocycles. The van der Waals surface area contributed by atoms with Crippen LogP contribution in [0, 0.1) is 17.1 Å². The van der Waals surface area contributed by atoms with E-state index in [1.54, 1.807) is 18.2 Å². The topological polar surface area (TPSA) is 61.6 Å². The zero-order valence-corrected chi connectivity index (χ0v) is 11.0. The molecule has 0 radical (unpaired) electrons. The summed E-state index contributed by atoms with van der Waals surface area (Å²) in [5.74, 6) is 0.266. The van der Waals surface area contributed by atoms with Gasteiger partial charge in [0.05, 0.1) is 17.1 Å². The molecular weight excluding hydrogens is 267 g/mol. The van der Waals surface area contributed by atoms with Crippen molar-refractivity contribution in [1.82, 2.24) is 9.97 Å². The van der Waals surface area contributed by atoms with Crippen LogP contribution in [0.3, 0.4) is 0 Å². The molecule has 0 saturated heterocycles. The van der Waals surface area contributed by atoms with Gasteiger partial charge < -0.3 is 5.32 Å². The van der Waals surface area contributed by atoms with E-state index in [0.29, 0.717) is 28.8 Å². The Balaban J connectivity index is 1.84. The molecule has 0 spiro atoms. The molecule has 21 heavy (non-hydrogen) atoms. The molecule has 0 aliphatic heterocycles. The normalized spacial score (nSPS) is 10.3. The highest BCUT2D eigenvalue weighted by Crippen LogP contribution is 2.20. The second-order valence-corrected chi connectivity index (χ2v) is 4.55. The molecule has 4 nitrogen and oxygen atoms in total. The van der Waals surface area contributed by atoms with E-state index < -0.39 is 0 Å². The third-order valence-electron chi connectivity index (χ3n) is 3.14. The second-order valence-electron chi connectivity index (χ2n) is 4.55. The highest BCUT2D eigenvalue weighted by molar-refractivity contribution is 5.88. The SMILES string of the molecule is N#Cc1ccc(CNc2ncnc3ccc(F)cc23)cc1. The van der Waals surface area contributed by atoms with Crippen LogP contribution >= 0.6 is 0 Å². The molecule has 0 unspecified atom stereocenters. The highest BCUT2D eigenvalue weighted by Gasteiger charge is 2.04. The van der Waals surface area contributed by atoms with Crippen LogP contribution in [0.25, 0.3) is 10.9 Å². The van der Waals surface area contributed by atoms with Crippen LogP contribution in [0.2, 0.25) is 0 Å². The number of aromatic nitrogens is 2. The van der Waals surface area contributed by atoms with Crippen LogP contribution in [0.15, 0.2) is 48.8 Å². The van der Waals surface area contributed by atoms with Gasteiger partial charge in [-0.3, -0.25) is 0 Å². The van der Waals surface area contributed by atoms with Gasteiger partial charge in [-0.15, -0.1) is 0 Å². The van der Waals surface area contributed by atoms with E-state index in [1.165, 1.54) is 18.5 Å². The molecule has 0 atom stereocenters. The highest BCUT2D eigenvalue weighted by atomic mass is 19.1. The molecule has 1 N–H and O–H groups in total. The number of nitrogens with zero attached hydrogens (tertiary/aromatic N) is 3. The fourth-order valence-corrected chi connectivity index (χ4v) is 2.05. The molecule has 0 aliphatic rings.